The quantitative estimate of drug-likeness (QED) is 0.843. The molecule has 1 amide bonds. The summed E-state index contributed by atoms with van der Waals surface area (Å²) in [5, 5.41) is 12.7. The fourth-order valence-corrected chi connectivity index (χ4v) is 4.10. The third kappa shape index (κ3) is 4.37. The molecule has 1 aliphatic heterocycles. The van der Waals surface area contributed by atoms with Crippen LogP contribution in [0.3, 0.4) is 0 Å². The zero-order valence-corrected chi connectivity index (χ0v) is 14.5. The van der Waals surface area contributed by atoms with Crippen LogP contribution in [-0.4, -0.2) is 35.1 Å². The Hall–Kier alpha value is -1.39. The minimum atomic E-state index is 0.211. The van der Waals surface area contributed by atoms with Crippen LogP contribution in [0, 0.1) is 5.92 Å². The molecule has 4 nitrogen and oxygen atoms in total. The Labute approximate surface area is 145 Å². The highest BCUT2D eigenvalue weighted by atomic mass is 16.3. The van der Waals surface area contributed by atoms with E-state index < -0.39 is 0 Å². The van der Waals surface area contributed by atoms with Crippen LogP contribution in [0.25, 0.3) is 0 Å². The van der Waals surface area contributed by atoms with Crippen molar-refractivity contribution in [3.05, 3.63) is 35.4 Å². The maximum Gasteiger partial charge on any atom is 0.223 e. The van der Waals surface area contributed by atoms with E-state index in [1.165, 1.54) is 30.4 Å². The first kappa shape index (κ1) is 17.4. The lowest BCUT2D eigenvalue weighted by atomic mass is 9.88. The highest BCUT2D eigenvalue weighted by Gasteiger charge is 2.24. The van der Waals surface area contributed by atoms with E-state index in [2.05, 4.69) is 28.4 Å². The van der Waals surface area contributed by atoms with E-state index in [1.54, 1.807) is 0 Å². The molecule has 1 aromatic rings. The molecule has 1 aliphatic carbocycles. The van der Waals surface area contributed by atoms with Crippen LogP contribution in [0.4, 0.5) is 0 Å². The summed E-state index contributed by atoms with van der Waals surface area (Å²) in [5.41, 5.74) is 2.46. The number of carbonyl (C=O) groups is 1. The van der Waals surface area contributed by atoms with Crippen LogP contribution in [0.15, 0.2) is 24.3 Å². The summed E-state index contributed by atoms with van der Waals surface area (Å²) in [7, 11) is 0. The molecule has 0 spiro atoms. The number of hydrogen-bond donors (Lipinski definition) is 2. The average molecular weight is 330 g/mol. The Morgan fingerprint density at radius 3 is 2.58 bits per heavy atom. The maximum atomic E-state index is 12.4. The fourth-order valence-electron chi connectivity index (χ4n) is 4.10. The normalized spacial score (nSPS) is 22.6. The van der Waals surface area contributed by atoms with Gasteiger partial charge in [0.2, 0.25) is 5.91 Å². The van der Waals surface area contributed by atoms with Gasteiger partial charge in [-0.3, -0.25) is 9.69 Å². The van der Waals surface area contributed by atoms with E-state index in [0.717, 1.165) is 38.8 Å². The summed E-state index contributed by atoms with van der Waals surface area (Å²) in [5.74, 6) is 0.433. The summed E-state index contributed by atoms with van der Waals surface area (Å²) in [4.78, 5) is 14.7. The van der Waals surface area contributed by atoms with Crippen LogP contribution in [0.2, 0.25) is 0 Å². The third-order valence-corrected chi connectivity index (χ3v) is 5.63. The number of nitrogens with zero attached hydrogens (tertiary/aromatic N) is 1. The smallest absolute Gasteiger partial charge is 0.223 e. The second kappa shape index (κ2) is 8.63. The van der Waals surface area contributed by atoms with Crippen molar-refractivity contribution in [1.82, 2.24) is 10.2 Å². The molecule has 1 aromatic carbocycles. The molecule has 1 saturated carbocycles. The van der Waals surface area contributed by atoms with Gasteiger partial charge in [0, 0.05) is 25.0 Å². The summed E-state index contributed by atoms with van der Waals surface area (Å²) in [6.07, 6.45) is 7.97. The summed E-state index contributed by atoms with van der Waals surface area (Å²) in [6.45, 7) is 2.76. The molecule has 2 aliphatic rings. The molecule has 3 rings (SSSR count). The summed E-state index contributed by atoms with van der Waals surface area (Å²) < 4.78 is 0. The molecular formula is C20H30N2O2. The first-order valence-electron chi connectivity index (χ1n) is 9.47. The first-order valence-corrected chi connectivity index (χ1v) is 9.47. The minimum absolute atomic E-state index is 0.211. The molecule has 1 atom stereocenters. The van der Waals surface area contributed by atoms with Gasteiger partial charge in [-0.25, -0.2) is 0 Å². The van der Waals surface area contributed by atoms with Crippen molar-refractivity contribution >= 4 is 5.91 Å². The number of carbonyl (C=O) groups excluding carboxylic acids is 1. The lowest BCUT2D eigenvalue weighted by Gasteiger charge is -2.24. The number of nitrogens with one attached hydrogen (secondary N) is 1. The number of rotatable bonds is 6. The van der Waals surface area contributed by atoms with Crippen molar-refractivity contribution in [2.75, 3.05) is 13.2 Å². The van der Waals surface area contributed by atoms with Gasteiger partial charge < -0.3 is 10.4 Å². The van der Waals surface area contributed by atoms with Crippen LogP contribution in [-0.2, 0) is 17.9 Å². The predicted molar refractivity (Wildman–Crippen MR) is 95.4 cm³/mol. The zero-order chi connectivity index (χ0) is 16.8. The topological polar surface area (TPSA) is 52.6 Å². The number of hydrogen-bond acceptors (Lipinski definition) is 3. The van der Waals surface area contributed by atoms with Gasteiger partial charge >= 0.3 is 0 Å². The summed E-state index contributed by atoms with van der Waals surface area (Å²) in [6, 6.07) is 8.65. The predicted octanol–water partition coefficient (Wildman–Crippen LogP) is 2.84. The van der Waals surface area contributed by atoms with E-state index in [9.17, 15) is 9.90 Å². The van der Waals surface area contributed by atoms with Crippen LogP contribution in [0.1, 0.15) is 56.1 Å². The van der Waals surface area contributed by atoms with Crippen LogP contribution in [0.5, 0.6) is 0 Å². The van der Waals surface area contributed by atoms with E-state index in [1.807, 2.05) is 6.07 Å². The number of amides is 1. The van der Waals surface area contributed by atoms with Crippen molar-refractivity contribution in [3.8, 4) is 0 Å². The Morgan fingerprint density at radius 1 is 1.08 bits per heavy atom. The molecule has 0 bridgehead atoms. The number of likely N-dealkylation sites (tertiary alicyclic amines) is 1. The summed E-state index contributed by atoms with van der Waals surface area (Å²) >= 11 is 0. The van der Waals surface area contributed by atoms with Gasteiger partial charge in [-0.15, -0.1) is 0 Å². The van der Waals surface area contributed by atoms with E-state index >= 15 is 0 Å². The molecule has 0 radical (unpaired) electrons. The minimum Gasteiger partial charge on any atom is -0.395 e. The fraction of sp³-hybridized carbons (Fsp3) is 0.650. The molecule has 1 heterocycles. The van der Waals surface area contributed by atoms with Crippen LogP contribution >= 0.6 is 0 Å². The number of benzene rings is 1. The molecule has 4 heteroatoms. The Morgan fingerprint density at radius 2 is 1.83 bits per heavy atom. The van der Waals surface area contributed by atoms with Crippen molar-refractivity contribution in [2.45, 2.75) is 64.1 Å². The van der Waals surface area contributed by atoms with Gasteiger partial charge in [0.25, 0.3) is 0 Å². The molecular weight excluding hydrogens is 300 g/mol. The lowest BCUT2D eigenvalue weighted by Crippen LogP contribution is -2.33. The highest BCUT2D eigenvalue weighted by molar-refractivity contribution is 5.78. The van der Waals surface area contributed by atoms with Crippen molar-refractivity contribution < 1.29 is 9.90 Å². The molecule has 0 aromatic heterocycles. The second-order valence-electron chi connectivity index (χ2n) is 7.27. The molecule has 2 fully saturated rings. The molecule has 2 N–H and O–H groups in total. The zero-order valence-electron chi connectivity index (χ0n) is 14.5. The monoisotopic (exact) mass is 330 g/mol. The lowest BCUT2D eigenvalue weighted by molar-refractivity contribution is -0.126. The SMILES string of the molecule is O=C(NCc1ccccc1CN1CCC[C@@H]1CO)C1CCCCC1. The Kier molecular flexibility index (Phi) is 6.27. The largest absolute Gasteiger partial charge is 0.395 e. The van der Waals surface area contributed by atoms with Gasteiger partial charge in [-0.2, -0.15) is 0 Å². The maximum absolute atomic E-state index is 12.4. The van der Waals surface area contributed by atoms with Gasteiger partial charge in [-0.05, 0) is 43.4 Å². The molecule has 24 heavy (non-hydrogen) atoms. The van der Waals surface area contributed by atoms with E-state index in [0.29, 0.717) is 6.54 Å². The molecule has 132 valence electrons. The van der Waals surface area contributed by atoms with E-state index in [-0.39, 0.29) is 24.5 Å². The molecule has 0 unspecified atom stereocenters. The van der Waals surface area contributed by atoms with E-state index in [4.69, 9.17) is 0 Å². The highest BCUT2D eigenvalue weighted by Crippen LogP contribution is 2.24. The number of aliphatic hydroxyl groups is 1. The van der Waals surface area contributed by atoms with Crippen molar-refractivity contribution in [3.63, 3.8) is 0 Å². The molecule has 1 saturated heterocycles. The second-order valence-corrected chi connectivity index (χ2v) is 7.27. The van der Waals surface area contributed by atoms with Gasteiger partial charge in [0.15, 0.2) is 0 Å². The number of aliphatic hydroxyl groups excluding tert-OH is 1. The standard InChI is InChI=1S/C20H30N2O2/c23-15-19-11-6-12-22(19)14-18-10-5-4-9-17(18)13-21-20(24)16-7-2-1-3-8-16/h4-5,9-10,16,19,23H,1-3,6-8,11-15H2,(H,21,24)/t19-/m1/s1. The average Bonchev–Trinajstić information content (AvgIpc) is 3.08. The van der Waals surface area contributed by atoms with Crippen molar-refractivity contribution in [2.24, 2.45) is 5.92 Å². The Bertz CT molecular complexity index is 540. The Balaban J connectivity index is 1.58. The third-order valence-electron chi connectivity index (χ3n) is 5.63. The van der Waals surface area contributed by atoms with Crippen molar-refractivity contribution in [1.29, 1.82) is 0 Å². The van der Waals surface area contributed by atoms with Gasteiger partial charge in [0.1, 0.15) is 0 Å². The first-order chi connectivity index (χ1) is 11.8. The van der Waals surface area contributed by atoms with Crippen LogP contribution < -0.4 is 5.32 Å². The van der Waals surface area contributed by atoms with Gasteiger partial charge in [-0.1, -0.05) is 43.5 Å². The van der Waals surface area contributed by atoms with Gasteiger partial charge in [0.05, 0.1) is 6.61 Å².